The number of morpholine rings is 1. The minimum absolute atomic E-state index is 0.0212. The number of hydrogen-bond acceptors (Lipinski definition) is 5. The predicted octanol–water partition coefficient (Wildman–Crippen LogP) is 4.00. The van der Waals surface area contributed by atoms with Crippen molar-refractivity contribution in [3.05, 3.63) is 34.9 Å². The highest BCUT2D eigenvalue weighted by Gasteiger charge is 2.49. The maximum absolute atomic E-state index is 13.2. The number of halogens is 6. The number of nitrogens with one attached hydrogen (secondary N) is 1. The summed E-state index contributed by atoms with van der Waals surface area (Å²) in [5.41, 5.74) is -4.37. The van der Waals surface area contributed by atoms with Crippen molar-refractivity contribution in [3.63, 3.8) is 0 Å². The van der Waals surface area contributed by atoms with Crippen LogP contribution in [0.15, 0.2) is 18.2 Å². The first-order valence-electron chi connectivity index (χ1n) is 12.4. The SMILES string of the molecule is CC(C)(O)C1CC(N2CCOC3COCCC32)C[C@H]1C(=O)NCc1cc(C(F)(F)F)cc(C(F)(F)F)c1. The molecule has 2 aliphatic heterocycles. The molecule has 1 amide bonds. The summed E-state index contributed by atoms with van der Waals surface area (Å²) in [6.45, 7) is 5.00. The number of amides is 1. The molecule has 2 N–H and O–H groups in total. The normalized spacial score (nSPS) is 29.7. The first-order valence-corrected chi connectivity index (χ1v) is 12.4. The Morgan fingerprint density at radius 1 is 1.05 bits per heavy atom. The molecule has 0 aromatic heterocycles. The third kappa shape index (κ3) is 6.40. The van der Waals surface area contributed by atoms with E-state index in [1.54, 1.807) is 13.8 Å². The first kappa shape index (κ1) is 28.1. The van der Waals surface area contributed by atoms with Crippen molar-refractivity contribution < 1.29 is 45.7 Å². The highest BCUT2D eigenvalue weighted by atomic mass is 19.4. The molecule has 5 atom stereocenters. The standard InChI is InChI=1S/C25H32F6N2O4/c1-23(2,35)19-11-17(33-4-6-37-21-13-36-5-3-20(21)33)10-18(19)22(34)32-12-14-7-15(24(26,27)28)9-16(8-14)25(29,30)31/h7-9,17-21,35H,3-6,10-13H2,1-2H3,(H,32,34)/t17?,18-,19?,20?,21?/m1/s1. The topological polar surface area (TPSA) is 71.0 Å². The molecule has 0 bridgehead atoms. The molecule has 208 valence electrons. The van der Waals surface area contributed by atoms with Crippen molar-refractivity contribution in [2.75, 3.05) is 26.4 Å². The lowest BCUT2D eigenvalue weighted by Gasteiger charge is -2.46. The molecule has 4 unspecified atom stereocenters. The summed E-state index contributed by atoms with van der Waals surface area (Å²) < 4.78 is 90.5. The van der Waals surface area contributed by atoms with E-state index in [1.165, 1.54) is 0 Å². The van der Waals surface area contributed by atoms with Crippen LogP contribution < -0.4 is 5.32 Å². The second kappa shape index (κ2) is 10.3. The van der Waals surface area contributed by atoms with Crippen LogP contribution in [0.4, 0.5) is 26.3 Å². The van der Waals surface area contributed by atoms with Crippen LogP contribution in [0.1, 0.15) is 49.8 Å². The molecule has 1 aromatic carbocycles. The van der Waals surface area contributed by atoms with E-state index in [0.717, 1.165) is 6.42 Å². The van der Waals surface area contributed by atoms with Crippen molar-refractivity contribution in [2.45, 2.75) is 75.8 Å². The van der Waals surface area contributed by atoms with E-state index >= 15 is 0 Å². The number of alkyl halides is 6. The highest BCUT2D eigenvalue weighted by molar-refractivity contribution is 5.79. The molecule has 37 heavy (non-hydrogen) atoms. The van der Waals surface area contributed by atoms with Crippen LogP contribution in [0.25, 0.3) is 0 Å². The predicted molar refractivity (Wildman–Crippen MR) is 120 cm³/mol. The Morgan fingerprint density at radius 2 is 1.70 bits per heavy atom. The molecule has 2 saturated heterocycles. The van der Waals surface area contributed by atoms with Crippen LogP contribution in [0.5, 0.6) is 0 Å². The van der Waals surface area contributed by atoms with Crippen molar-refractivity contribution in [3.8, 4) is 0 Å². The lowest BCUT2D eigenvalue weighted by molar-refractivity contribution is -0.145. The Bertz CT molecular complexity index is 943. The Kier molecular flexibility index (Phi) is 7.87. The molecule has 1 saturated carbocycles. The van der Waals surface area contributed by atoms with Crippen LogP contribution in [0.2, 0.25) is 0 Å². The number of ether oxygens (including phenoxy) is 2. The minimum atomic E-state index is -4.97. The fourth-order valence-corrected chi connectivity index (χ4v) is 5.96. The summed E-state index contributed by atoms with van der Waals surface area (Å²) in [5, 5.41) is 13.4. The van der Waals surface area contributed by atoms with Crippen LogP contribution >= 0.6 is 0 Å². The average molecular weight is 539 g/mol. The number of benzene rings is 1. The number of rotatable bonds is 5. The molecule has 3 aliphatic rings. The maximum atomic E-state index is 13.2. The number of fused-ring (bicyclic) bond motifs is 1. The van der Waals surface area contributed by atoms with Crippen molar-refractivity contribution in [1.82, 2.24) is 10.2 Å². The largest absolute Gasteiger partial charge is 0.416 e. The molecule has 1 aromatic rings. The van der Waals surface area contributed by atoms with Crippen molar-refractivity contribution >= 4 is 5.91 Å². The number of carbonyl (C=O) groups is 1. The summed E-state index contributed by atoms with van der Waals surface area (Å²) in [5.74, 6) is -1.60. The number of carbonyl (C=O) groups excluding carboxylic acids is 1. The van der Waals surface area contributed by atoms with Crippen LogP contribution in [-0.2, 0) is 33.2 Å². The quantitative estimate of drug-likeness (QED) is 0.555. The van der Waals surface area contributed by atoms with E-state index in [4.69, 9.17) is 9.47 Å². The Hall–Kier alpha value is -1.89. The van der Waals surface area contributed by atoms with E-state index in [2.05, 4.69) is 10.2 Å². The number of nitrogens with zero attached hydrogens (tertiary/aromatic N) is 1. The van der Waals surface area contributed by atoms with Gasteiger partial charge in [-0.25, -0.2) is 0 Å². The lowest BCUT2D eigenvalue weighted by atomic mass is 9.82. The van der Waals surface area contributed by atoms with E-state index in [0.29, 0.717) is 51.3 Å². The molecular formula is C25H32F6N2O4. The molecule has 1 aliphatic carbocycles. The van der Waals surface area contributed by atoms with Crippen molar-refractivity contribution in [1.29, 1.82) is 0 Å². The fraction of sp³-hybridized carbons (Fsp3) is 0.720. The molecular weight excluding hydrogens is 506 g/mol. The Labute approximate surface area is 211 Å². The van der Waals surface area contributed by atoms with Gasteiger partial charge in [0, 0.05) is 43.6 Å². The van der Waals surface area contributed by atoms with E-state index in [1.807, 2.05) is 0 Å². The summed E-state index contributed by atoms with van der Waals surface area (Å²) in [6.07, 6.45) is -8.27. The van der Waals surface area contributed by atoms with Gasteiger partial charge in [-0.05, 0) is 56.9 Å². The van der Waals surface area contributed by atoms with Crippen LogP contribution in [0, 0.1) is 11.8 Å². The van der Waals surface area contributed by atoms with Crippen LogP contribution in [-0.4, -0.2) is 66.1 Å². The zero-order valence-corrected chi connectivity index (χ0v) is 20.7. The van der Waals surface area contributed by atoms with Gasteiger partial charge in [-0.3, -0.25) is 9.69 Å². The monoisotopic (exact) mass is 538 g/mol. The van der Waals surface area contributed by atoms with Crippen molar-refractivity contribution in [2.24, 2.45) is 11.8 Å². The summed E-state index contributed by atoms with van der Waals surface area (Å²) in [6, 6.07) is 1.39. The highest BCUT2D eigenvalue weighted by Crippen LogP contribution is 2.43. The molecule has 12 heteroatoms. The second-order valence-corrected chi connectivity index (χ2v) is 10.7. The summed E-state index contributed by atoms with van der Waals surface area (Å²) in [4.78, 5) is 15.5. The van der Waals surface area contributed by atoms with Gasteiger partial charge >= 0.3 is 12.4 Å². The zero-order chi connectivity index (χ0) is 27.2. The van der Waals surface area contributed by atoms with Gasteiger partial charge in [0.2, 0.25) is 5.91 Å². The van der Waals surface area contributed by atoms with Gasteiger partial charge in [-0.15, -0.1) is 0 Å². The molecule has 0 spiro atoms. The van der Waals surface area contributed by atoms with Gasteiger partial charge in [0.25, 0.3) is 0 Å². The summed E-state index contributed by atoms with van der Waals surface area (Å²) in [7, 11) is 0. The molecule has 6 nitrogen and oxygen atoms in total. The average Bonchev–Trinajstić information content (AvgIpc) is 3.27. The minimum Gasteiger partial charge on any atom is -0.390 e. The molecule has 4 rings (SSSR count). The van der Waals surface area contributed by atoms with Crippen LogP contribution in [0.3, 0.4) is 0 Å². The third-order valence-corrected chi connectivity index (χ3v) is 7.74. The molecule has 2 heterocycles. The second-order valence-electron chi connectivity index (χ2n) is 10.7. The summed E-state index contributed by atoms with van der Waals surface area (Å²) >= 11 is 0. The smallest absolute Gasteiger partial charge is 0.390 e. The van der Waals surface area contributed by atoms with Gasteiger partial charge in [0.1, 0.15) is 0 Å². The van der Waals surface area contributed by atoms with E-state index < -0.39 is 53.4 Å². The van der Waals surface area contributed by atoms with Gasteiger partial charge in [-0.1, -0.05) is 0 Å². The molecule has 3 fully saturated rings. The lowest BCUT2D eigenvalue weighted by Crippen LogP contribution is -2.58. The Morgan fingerprint density at radius 3 is 2.30 bits per heavy atom. The van der Waals surface area contributed by atoms with Gasteiger partial charge in [0.15, 0.2) is 0 Å². The van der Waals surface area contributed by atoms with E-state index in [-0.39, 0.29) is 29.8 Å². The Balaban J connectivity index is 1.50. The van der Waals surface area contributed by atoms with E-state index in [9.17, 15) is 36.2 Å². The van der Waals surface area contributed by atoms with Gasteiger partial charge in [0.05, 0.1) is 36.0 Å². The third-order valence-electron chi connectivity index (χ3n) is 7.74. The van der Waals surface area contributed by atoms with Gasteiger partial charge in [-0.2, -0.15) is 26.3 Å². The molecule has 0 radical (unpaired) electrons. The zero-order valence-electron chi connectivity index (χ0n) is 20.7. The number of hydrogen-bond donors (Lipinski definition) is 2. The first-order chi connectivity index (χ1) is 17.1. The maximum Gasteiger partial charge on any atom is 0.416 e. The number of aliphatic hydroxyl groups is 1. The van der Waals surface area contributed by atoms with Gasteiger partial charge < -0.3 is 19.9 Å². The fourth-order valence-electron chi connectivity index (χ4n) is 5.96.